The van der Waals surface area contributed by atoms with Crippen molar-refractivity contribution in [2.45, 2.75) is 32.2 Å². The van der Waals surface area contributed by atoms with Gasteiger partial charge in [0.2, 0.25) is 0 Å². The average Bonchev–Trinajstić information content (AvgIpc) is 2.25. The first-order valence-electron chi connectivity index (χ1n) is 5.85. The second-order valence-electron chi connectivity index (χ2n) is 4.42. The lowest BCUT2D eigenvalue weighted by Crippen LogP contribution is -2.31. The minimum atomic E-state index is -2.53. The fraction of sp³-hybridized carbons (Fsp3) is 0.636. The summed E-state index contributed by atoms with van der Waals surface area (Å²) in [6.45, 7) is -0.0677. The van der Waals surface area contributed by atoms with Crippen molar-refractivity contribution in [2.24, 2.45) is 5.92 Å². The van der Waals surface area contributed by atoms with E-state index >= 15 is 0 Å². The molecule has 1 aliphatic carbocycles. The molecule has 0 amide bonds. The molecule has 2 rings (SSSR count). The van der Waals surface area contributed by atoms with Gasteiger partial charge < -0.3 is 5.32 Å². The van der Waals surface area contributed by atoms with E-state index in [0.717, 1.165) is 12.8 Å². The number of nitrogens with zero attached hydrogens (tertiary/aromatic N) is 2. The molecular formula is C11H14ClF2N3O. The van der Waals surface area contributed by atoms with Gasteiger partial charge in [-0.3, -0.25) is 4.79 Å². The summed E-state index contributed by atoms with van der Waals surface area (Å²) in [5.41, 5.74) is -0.429. The first kappa shape index (κ1) is 13.3. The maximum atomic E-state index is 12.1. The summed E-state index contributed by atoms with van der Waals surface area (Å²) in [7, 11) is 0. The van der Waals surface area contributed by atoms with Crippen LogP contribution in [-0.2, 0) is 6.54 Å². The van der Waals surface area contributed by atoms with Crippen molar-refractivity contribution in [3.8, 4) is 0 Å². The molecule has 1 heterocycles. The van der Waals surface area contributed by atoms with Crippen LogP contribution in [-0.4, -0.2) is 22.8 Å². The van der Waals surface area contributed by atoms with Crippen LogP contribution in [0.15, 0.2) is 11.0 Å². The predicted molar refractivity (Wildman–Crippen MR) is 65.3 cm³/mol. The molecule has 0 atom stereocenters. The molecule has 0 radical (unpaired) electrons. The highest BCUT2D eigenvalue weighted by molar-refractivity contribution is 6.32. The lowest BCUT2D eigenvalue weighted by Gasteiger charge is -2.25. The highest BCUT2D eigenvalue weighted by atomic mass is 35.5. The smallest absolute Gasteiger partial charge is 0.291 e. The molecule has 7 heteroatoms. The summed E-state index contributed by atoms with van der Waals surface area (Å²) in [4.78, 5) is 12.0. The summed E-state index contributed by atoms with van der Waals surface area (Å²) < 4.78 is 25.6. The lowest BCUT2D eigenvalue weighted by molar-refractivity contribution is 0.163. The third kappa shape index (κ3) is 2.98. The Labute approximate surface area is 108 Å². The quantitative estimate of drug-likeness (QED) is 0.899. The van der Waals surface area contributed by atoms with Crippen LogP contribution in [0.2, 0.25) is 5.02 Å². The molecule has 0 spiro atoms. The van der Waals surface area contributed by atoms with E-state index in [2.05, 4.69) is 10.4 Å². The molecule has 0 aliphatic heterocycles. The number of anilines is 1. The lowest BCUT2D eigenvalue weighted by atomic mass is 9.85. The molecule has 1 saturated carbocycles. The third-order valence-electron chi connectivity index (χ3n) is 3.09. The van der Waals surface area contributed by atoms with E-state index in [9.17, 15) is 13.6 Å². The monoisotopic (exact) mass is 277 g/mol. The Balaban J connectivity index is 2.16. The van der Waals surface area contributed by atoms with E-state index < -0.39 is 18.5 Å². The van der Waals surface area contributed by atoms with Crippen LogP contribution in [0.3, 0.4) is 0 Å². The predicted octanol–water partition coefficient (Wildman–Crippen LogP) is 2.37. The van der Waals surface area contributed by atoms with Gasteiger partial charge in [0, 0.05) is 6.54 Å². The van der Waals surface area contributed by atoms with Crippen molar-refractivity contribution < 1.29 is 8.78 Å². The van der Waals surface area contributed by atoms with Crippen molar-refractivity contribution in [2.75, 3.05) is 11.9 Å². The van der Waals surface area contributed by atoms with E-state index in [1.54, 1.807) is 0 Å². The molecule has 0 unspecified atom stereocenters. The number of nitrogens with one attached hydrogen (secondary N) is 1. The Morgan fingerprint density at radius 1 is 1.56 bits per heavy atom. The highest BCUT2D eigenvalue weighted by Crippen LogP contribution is 2.27. The molecule has 1 fully saturated rings. The van der Waals surface area contributed by atoms with Crippen LogP contribution in [0, 0.1) is 5.92 Å². The van der Waals surface area contributed by atoms with Crippen molar-refractivity contribution in [3.05, 3.63) is 21.6 Å². The Bertz CT molecular complexity index is 474. The highest BCUT2D eigenvalue weighted by Gasteiger charge is 2.20. The topological polar surface area (TPSA) is 46.9 Å². The zero-order valence-electron chi connectivity index (χ0n) is 9.70. The minimum absolute atomic E-state index is 0.00582. The Hall–Kier alpha value is -1.17. The number of rotatable bonds is 5. The first-order valence-corrected chi connectivity index (χ1v) is 6.23. The number of aromatic nitrogens is 2. The molecule has 18 heavy (non-hydrogen) atoms. The molecular weight excluding hydrogens is 264 g/mol. The van der Waals surface area contributed by atoms with E-state index in [0.29, 0.717) is 12.5 Å². The van der Waals surface area contributed by atoms with Crippen LogP contribution < -0.4 is 10.9 Å². The van der Waals surface area contributed by atoms with Crippen LogP contribution in [0.4, 0.5) is 14.5 Å². The van der Waals surface area contributed by atoms with E-state index in [1.807, 2.05) is 0 Å². The second-order valence-corrected chi connectivity index (χ2v) is 4.83. The van der Waals surface area contributed by atoms with Gasteiger partial charge in [0.1, 0.15) is 5.69 Å². The molecule has 1 aliphatic rings. The van der Waals surface area contributed by atoms with Gasteiger partial charge in [-0.2, -0.15) is 5.10 Å². The van der Waals surface area contributed by atoms with Crippen molar-refractivity contribution >= 4 is 17.3 Å². The standard InChI is InChI=1S/C11H14ClF2N3O/c12-8-4-16-17(6-7-2-1-3-7)11(18)10(8)15-5-9(13)14/h4,7,9,15H,1-3,5-6H2. The summed E-state index contributed by atoms with van der Waals surface area (Å²) in [6, 6.07) is 0. The molecule has 0 bridgehead atoms. The van der Waals surface area contributed by atoms with Crippen molar-refractivity contribution in [3.63, 3.8) is 0 Å². The molecule has 1 aromatic rings. The molecule has 0 saturated heterocycles. The third-order valence-corrected chi connectivity index (χ3v) is 3.37. The van der Waals surface area contributed by atoms with Crippen LogP contribution in [0.5, 0.6) is 0 Å². The van der Waals surface area contributed by atoms with E-state index in [-0.39, 0.29) is 10.7 Å². The number of hydrogen-bond donors (Lipinski definition) is 1. The normalized spacial score (nSPS) is 15.8. The zero-order chi connectivity index (χ0) is 13.1. The van der Waals surface area contributed by atoms with Gasteiger partial charge in [-0.15, -0.1) is 0 Å². The van der Waals surface area contributed by atoms with Crippen LogP contribution >= 0.6 is 11.6 Å². The Morgan fingerprint density at radius 2 is 2.28 bits per heavy atom. The van der Waals surface area contributed by atoms with Gasteiger partial charge in [0.05, 0.1) is 17.8 Å². The van der Waals surface area contributed by atoms with E-state index in [1.165, 1.54) is 17.3 Å². The minimum Gasteiger partial charge on any atom is -0.374 e. The molecule has 1 N–H and O–H groups in total. The second kappa shape index (κ2) is 5.65. The fourth-order valence-corrected chi connectivity index (χ4v) is 2.05. The Morgan fingerprint density at radius 3 is 2.83 bits per heavy atom. The van der Waals surface area contributed by atoms with Gasteiger partial charge in [0.25, 0.3) is 12.0 Å². The molecule has 1 aromatic heterocycles. The summed E-state index contributed by atoms with van der Waals surface area (Å²) in [6.07, 6.45) is 2.11. The van der Waals surface area contributed by atoms with Gasteiger partial charge >= 0.3 is 0 Å². The number of halogens is 3. The number of hydrogen-bond acceptors (Lipinski definition) is 3. The average molecular weight is 278 g/mol. The van der Waals surface area contributed by atoms with Crippen LogP contribution in [0.1, 0.15) is 19.3 Å². The van der Waals surface area contributed by atoms with Gasteiger partial charge in [-0.1, -0.05) is 18.0 Å². The van der Waals surface area contributed by atoms with Gasteiger partial charge in [0.15, 0.2) is 0 Å². The van der Waals surface area contributed by atoms with Crippen molar-refractivity contribution in [1.29, 1.82) is 0 Å². The fourth-order valence-electron chi connectivity index (χ4n) is 1.86. The van der Waals surface area contributed by atoms with Gasteiger partial charge in [-0.05, 0) is 18.8 Å². The summed E-state index contributed by atoms with van der Waals surface area (Å²) in [5.74, 6) is 0.458. The maximum absolute atomic E-state index is 12.1. The molecule has 4 nitrogen and oxygen atoms in total. The van der Waals surface area contributed by atoms with Crippen molar-refractivity contribution in [1.82, 2.24) is 9.78 Å². The number of alkyl halides is 2. The molecule has 100 valence electrons. The maximum Gasteiger partial charge on any atom is 0.291 e. The summed E-state index contributed by atoms with van der Waals surface area (Å²) >= 11 is 5.79. The Kier molecular flexibility index (Phi) is 4.16. The van der Waals surface area contributed by atoms with Gasteiger partial charge in [-0.25, -0.2) is 13.5 Å². The van der Waals surface area contributed by atoms with Crippen LogP contribution in [0.25, 0.3) is 0 Å². The SMILES string of the molecule is O=c1c(NCC(F)F)c(Cl)cnn1CC1CCC1. The van der Waals surface area contributed by atoms with E-state index in [4.69, 9.17) is 11.6 Å². The zero-order valence-corrected chi connectivity index (χ0v) is 10.5. The molecule has 0 aromatic carbocycles. The first-order chi connectivity index (χ1) is 8.58. The summed E-state index contributed by atoms with van der Waals surface area (Å²) in [5, 5.41) is 6.38. The largest absolute Gasteiger partial charge is 0.374 e.